The second-order valence-corrected chi connectivity index (χ2v) is 11.3. The Morgan fingerprint density at radius 1 is 0.826 bits per heavy atom. The molecular weight excluding hydrogens is 664 g/mol. The van der Waals surface area contributed by atoms with Crippen molar-refractivity contribution >= 4 is 74.4 Å². The molecule has 0 fully saturated rings. The van der Waals surface area contributed by atoms with Crippen molar-refractivity contribution in [3.05, 3.63) is 75.8 Å². The molecule has 0 saturated carbocycles. The quantitative estimate of drug-likeness (QED) is 0.138. The van der Waals surface area contributed by atoms with Gasteiger partial charge in [-0.3, -0.25) is 10.1 Å². The topological polar surface area (TPSA) is 131 Å². The van der Waals surface area contributed by atoms with Gasteiger partial charge in [-0.05, 0) is 62.7 Å². The zero-order valence-corrected chi connectivity index (χ0v) is 26.9. The number of nitrogens with zero attached hydrogens (tertiary/aromatic N) is 2. The van der Waals surface area contributed by atoms with Crippen molar-refractivity contribution in [1.29, 1.82) is 5.26 Å². The average Bonchev–Trinajstić information content (AvgIpc) is 3.01. The molecule has 3 aromatic rings. The number of thiocarbonyl (C=S) groups is 3. The second-order valence-electron chi connectivity index (χ2n) is 9.97. The number of ether oxygens (including phenoxy) is 3. The van der Waals surface area contributed by atoms with Gasteiger partial charge >= 0.3 is 6.18 Å². The Labute approximate surface area is 278 Å². The first-order valence-electron chi connectivity index (χ1n) is 13.7. The largest absolute Gasteiger partial charge is 0.481 e. The number of nitriles is 1. The van der Waals surface area contributed by atoms with Gasteiger partial charge in [0.1, 0.15) is 44.8 Å². The number of nitro groups is 1. The smallest absolute Gasteiger partial charge is 0.416 e. The van der Waals surface area contributed by atoms with Gasteiger partial charge in [-0.2, -0.15) is 18.4 Å². The van der Waals surface area contributed by atoms with E-state index in [0.717, 1.165) is 30.0 Å². The van der Waals surface area contributed by atoms with Gasteiger partial charge in [0.05, 0.1) is 45.2 Å². The number of halogens is 3. The molecule has 46 heavy (non-hydrogen) atoms. The molecule has 3 N–H and O–H groups in total. The van der Waals surface area contributed by atoms with E-state index in [2.05, 4.69) is 22.0 Å². The van der Waals surface area contributed by atoms with Gasteiger partial charge in [0.15, 0.2) is 5.75 Å². The number of anilines is 3. The highest BCUT2D eigenvalue weighted by atomic mass is 32.1. The minimum absolute atomic E-state index is 0.0169. The summed E-state index contributed by atoms with van der Waals surface area (Å²) in [6.45, 7) is 5.56. The van der Waals surface area contributed by atoms with Crippen LogP contribution in [-0.4, -0.2) is 38.2 Å². The van der Waals surface area contributed by atoms with Gasteiger partial charge in [-0.1, -0.05) is 43.6 Å². The maximum Gasteiger partial charge on any atom is 0.416 e. The lowest BCUT2D eigenvalue weighted by Crippen LogP contribution is -2.34. The van der Waals surface area contributed by atoms with Crippen LogP contribution in [0.3, 0.4) is 0 Å². The number of hydrogen-bond acceptors (Lipinski definition) is 9. The van der Waals surface area contributed by atoms with Gasteiger partial charge in [0.2, 0.25) is 0 Å². The molecule has 0 aromatic heterocycles. The van der Waals surface area contributed by atoms with Crippen LogP contribution < -0.4 is 30.2 Å². The summed E-state index contributed by atoms with van der Waals surface area (Å²) in [5.41, 5.74) is 1.60. The number of hydrogen-bond donors (Lipinski definition) is 3. The molecular formula is C30H26F3N5O5S3. The van der Waals surface area contributed by atoms with Crippen LogP contribution in [0.5, 0.6) is 17.2 Å². The lowest BCUT2D eigenvalue weighted by Gasteiger charge is -2.26. The Hall–Kier alpha value is -4.59. The normalized spacial score (nSPS) is 19.0. The fourth-order valence-corrected chi connectivity index (χ4v) is 4.82. The summed E-state index contributed by atoms with van der Waals surface area (Å²) in [6, 6.07) is 15.0. The van der Waals surface area contributed by atoms with E-state index < -0.39 is 16.7 Å². The minimum atomic E-state index is -4.36. The van der Waals surface area contributed by atoms with Crippen LogP contribution in [0.1, 0.15) is 38.3 Å². The van der Waals surface area contributed by atoms with Gasteiger partial charge < -0.3 is 30.2 Å². The molecule has 3 aliphatic rings. The molecule has 0 aliphatic carbocycles. The Morgan fingerprint density at radius 3 is 1.93 bits per heavy atom. The van der Waals surface area contributed by atoms with Gasteiger partial charge in [-0.15, -0.1) is 0 Å². The van der Waals surface area contributed by atoms with Crippen LogP contribution in [0.25, 0.3) is 0 Å². The first-order chi connectivity index (χ1) is 21.7. The lowest BCUT2D eigenvalue weighted by molar-refractivity contribution is -0.384. The highest BCUT2D eigenvalue weighted by Gasteiger charge is 2.32. The number of fused-ring (bicyclic) bond motifs is 3. The third-order valence-corrected chi connectivity index (χ3v) is 7.88. The number of alkyl halides is 3. The highest BCUT2D eigenvalue weighted by molar-refractivity contribution is 7.81. The Kier molecular flexibility index (Phi) is 10.6. The van der Waals surface area contributed by atoms with E-state index in [-0.39, 0.29) is 29.7 Å². The second kappa shape index (κ2) is 14.2. The number of non-ortho nitro benzene ring substituents is 1. The molecule has 0 radical (unpaired) electrons. The first kappa shape index (κ1) is 34.3. The molecule has 6 rings (SSSR count). The van der Waals surface area contributed by atoms with Gasteiger partial charge in [-0.25, -0.2) is 0 Å². The van der Waals surface area contributed by atoms with Crippen molar-refractivity contribution in [3.8, 4) is 23.3 Å². The molecule has 0 bridgehead atoms. The summed E-state index contributed by atoms with van der Waals surface area (Å²) in [4.78, 5) is 11.8. The zero-order chi connectivity index (χ0) is 33.8. The monoisotopic (exact) mass is 689 g/mol. The SMILES string of the molecule is CC1Oc2ccc(C#N)cc2NC1=S.CC1Oc2ccc(C(F)(F)F)cc2NC1=S.CCC1Oc2cc([N+](=O)[O-])ccc2NC1=S. The maximum atomic E-state index is 12.4. The standard InChI is InChI=1S/C10H8F3NOS.C10H10N2O3S.C10H8N2OS/c1-5-9(16)14-7-4-6(10(11,12)13)2-3-8(7)15-5;1-2-8-10(16)11-7-4-3-6(12(13)14)5-9(7)15-8;1-6-10(14)12-8-4-7(5-11)2-3-9(8)13-6/h2-5H,1H3,(H,14,16);3-5,8H,2H2,1H3,(H,11,16);2-4,6H,1H3,(H,12,14). The minimum Gasteiger partial charge on any atom is -0.481 e. The van der Waals surface area contributed by atoms with Crippen LogP contribution in [0.4, 0.5) is 35.9 Å². The van der Waals surface area contributed by atoms with E-state index in [4.69, 9.17) is 56.1 Å². The summed E-state index contributed by atoms with van der Waals surface area (Å²) >= 11 is 15.1. The fourth-order valence-electron chi connectivity index (χ4n) is 4.18. The predicted octanol–water partition coefficient (Wildman–Crippen LogP) is 7.81. The summed E-state index contributed by atoms with van der Waals surface area (Å²) in [5, 5.41) is 28.1. The summed E-state index contributed by atoms with van der Waals surface area (Å²) in [5.74, 6) is 1.61. The van der Waals surface area contributed by atoms with Crippen LogP contribution in [0.15, 0.2) is 54.6 Å². The van der Waals surface area contributed by atoms with Crippen LogP contribution in [0.2, 0.25) is 0 Å². The molecule has 240 valence electrons. The van der Waals surface area contributed by atoms with Gasteiger partial charge in [0, 0.05) is 6.07 Å². The fraction of sp³-hybridized carbons (Fsp3) is 0.267. The average molecular weight is 690 g/mol. The number of rotatable bonds is 2. The van der Waals surface area contributed by atoms with E-state index >= 15 is 0 Å². The van der Waals surface area contributed by atoms with E-state index in [1.807, 2.05) is 13.8 Å². The first-order valence-corrected chi connectivity index (χ1v) is 14.9. The number of nitro benzene ring substituents is 1. The van der Waals surface area contributed by atoms with Crippen LogP contribution in [-0.2, 0) is 6.18 Å². The molecule has 0 spiro atoms. The summed E-state index contributed by atoms with van der Waals surface area (Å²) in [7, 11) is 0. The van der Waals surface area contributed by atoms with E-state index in [1.54, 1.807) is 31.2 Å². The van der Waals surface area contributed by atoms with E-state index in [9.17, 15) is 23.3 Å². The molecule has 0 saturated heterocycles. The number of benzene rings is 3. The van der Waals surface area contributed by atoms with E-state index in [0.29, 0.717) is 37.7 Å². The van der Waals surface area contributed by atoms with Crippen molar-refractivity contribution in [2.45, 2.75) is 51.7 Å². The van der Waals surface area contributed by atoms with Crippen LogP contribution >= 0.6 is 36.7 Å². The zero-order valence-electron chi connectivity index (χ0n) is 24.4. The van der Waals surface area contributed by atoms with E-state index in [1.165, 1.54) is 18.2 Å². The van der Waals surface area contributed by atoms with Crippen molar-refractivity contribution < 1.29 is 32.3 Å². The Morgan fingerprint density at radius 2 is 1.39 bits per heavy atom. The third-order valence-electron chi connectivity index (χ3n) is 6.64. The molecule has 3 aliphatic heterocycles. The molecule has 16 heteroatoms. The lowest BCUT2D eigenvalue weighted by atomic mass is 10.1. The van der Waals surface area contributed by atoms with Gasteiger partial charge in [0.25, 0.3) is 5.69 Å². The van der Waals surface area contributed by atoms with Crippen molar-refractivity contribution in [2.24, 2.45) is 0 Å². The molecule has 10 nitrogen and oxygen atoms in total. The predicted molar refractivity (Wildman–Crippen MR) is 179 cm³/mol. The molecule has 3 atom stereocenters. The van der Waals surface area contributed by atoms with Crippen molar-refractivity contribution in [3.63, 3.8) is 0 Å². The summed E-state index contributed by atoms with van der Waals surface area (Å²) in [6.07, 6.45) is -4.26. The highest BCUT2D eigenvalue weighted by Crippen LogP contribution is 2.37. The van der Waals surface area contributed by atoms with Crippen LogP contribution in [0, 0.1) is 21.4 Å². The third kappa shape index (κ3) is 8.16. The molecule has 3 aromatic carbocycles. The van der Waals surface area contributed by atoms with Crippen molar-refractivity contribution in [1.82, 2.24) is 0 Å². The Bertz CT molecular complexity index is 1750. The maximum absolute atomic E-state index is 12.4. The molecule has 3 heterocycles. The summed E-state index contributed by atoms with van der Waals surface area (Å²) < 4.78 is 53.7. The number of nitrogens with one attached hydrogen (secondary N) is 3. The Balaban J connectivity index is 0.000000157. The van der Waals surface area contributed by atoms with Crippen molar-refractivity contribution in [2.75, 3.05) is 16.0 Å². The molecule has 3 unspecified atom stereocenters. The molecule has 0 amide bonds.